The van der Waals surface area contributed by atoms with Gasteiger partial charge in [0.2, 0.25) is 5.91 Å². The molecular formula is C15H31N3O2. The van der Waals surface area contributed by atoms with E-state index in [2.05, 4.69) is 36.4 Å². The minimum absolute atomic E-state index is 0.103. The molecule has 5 nitrogen and oxygen atoms in total. The molecular weight excluding hydrogens is 254 g/mol. The lowest BCUT2D eigenvalue weighted by Gasteiger charge is -2.22. The van der Waals surface area contributed by atoms with E-state index in [9.17, 15) is 4.79 Å². The first-order chi connectivity index (χ1) is 9.59. The Balaban J connectivity index is 1.94. The van der Waals surface area contributed by atoms with Gasteiger partial charge in [0.1, 0.15) is 0 Å². The van der Waals surface area contributed by atoms with Crippen molar-refractivity contribution in [3.8, 4) is 0 Å². The number of hydrogen-bond donors (Lipinski definition) is 2. The number of carbonyl (C=O) groups is 1. The average Bonchev–Trinajstić information content (AvgIpc) is 2.44. The van der Waals surface area contributed by atoms with Gasteiger partial charge in [-0.2, -0.15) is 0 Å². The first kappa shape index (κ1) is 17.4. The maximum Gasteiger partial charge on any atom is 0.222 e. The highest BCUT2D eigenvalue weighted by atomic mass is 16.5. The van der Waals surface area contributed by atoms with E-state index in [4.69, 9.17) is 4.74 Å². The van der Waals surface area contributed by atoms with Gasteiger partial charge in [-0.25, -0.2) is 0 Å². The highest BCUT2D eigenvalue weighted by molar-refractivity contribution is 5.75. The second-order valence-corrected chi connectivity index (χ2v) is 5.85. The van der Waals surface area contributed by atoms with Crippen molar-refractivity contribution < 1.29 is 9.53 Å². The molecule has 1 heterocycles. The number of ether oxygens (including phenoxy) is 1. The van der Waals surface area contributed by atoms with E-state index < -0.39 is 0 Å². The van der Waals surface area contributed by atoms with Gasteiger partial charge in [-0.15, -0.1) is 0 Å². The minimum Gasteiger partial charge on any atom is -0.378 e. The zero-order valence-electron chi connectivity index (χ0n) is 13.3. The van der Waals surface area contributed by atoms with Crippen LogP contribution in [0.1, 0.15) is 39.5 Å². The fraction of sp³-hybridized carbons (Fsp3) is 0.933. The molecule has 1 amide bonds. The summed E-state index contributed by atoms with van der Waals surface area (Å²) in [6.45, 7) is 8.73. The average molecular weight is 285 g/mol. The van der Waals surface area contributed by atoms with Crippen molar-refractivity contribution in [2.45, 2.75) is 51.7 Å². The lowest BCUT2D eigenvalue weighted by atomic mass is 10.1. The molecule has 0 aromatic carbocycles. The highest BCUT2D eigenvalue weighted by Crippen LogP contribution is 2.07. The summed E-state index contributed by atoms with van der Waals surface area (Å²) in [6, 6.07) is 0.559. The maximum absolute atomic E-state index is 11.6. The van der Waals surface area contributed by atoms with E-state index in [1.54, 1.807) is 0 Å². The molecule has 0 saturated carbocycles. The van der Waals surface area contributed by atoms with Gasteiger partial charge in [-0.3, -0.25) is 4.79 Å². The summed E-state index contributed by atoms with van der Waals surface area (Å²) in [7, 11) is 2.11. The topological polar surface area (TPSA) is 53.6 Å². The van der Waals surface area contributed by atoms with Crippen molar-refractivity contribution >= 4 is 5.91 Å². The van der Waals surface area contributed by atoms with E-state index >= 15 is 0 Å². The Bertz CT molecular complexity index is 266. The van der Waals surface area contributed by atoms with Gasteiger partial charge in [0.15, 0.2) is 0 Å². The van der Waals surface area contributed by atoms with Gasteiger partial charge in [0.25, 0.3) is 0 Å². The van der Waals surface area contributed by atoms with Crippen LogP contribution in [0.25, 0.3) is 0 Å². The van der Waals surface area contributed by atoms with Gasteiger partial charge in [0, 0.05) is 19.0 Å². The molecule has 1 aliphatic heterocycles. The predicted molar refractivity (Wildman–Crippen MR) is 81.9 cm³/mol. The van der Waals surface area contributed by atoms with Crippen LogP contribution in [0.3, 0.4) is 0 Å². The summed E-state index contributed by atoms with van der Waals surface area (Å²) in [5.41, 5.74) is 0. The number of carbonyl (C=O) groups excluding carboxylic acids is 1. The number of nitrogens with one attached hydrogen (secondary N) is 2. The molecule has 0 aromatic heterocycles. The summed E-state index contributed by atoms with van der Waals surface area (Å²) in [6.07, 6.45) is 3.93. The summed E-state index contributed by atoms with van der Waals surface area (Å²) < 4.78 is 5.72. The maximum atomic E-state index is 11.6. The summed E-state index contributed by atoms with van der Waals surface area (Å²) in [5, 5.41) is 6.26. The van der Waals surface area contributed by atoms with E-state index in [-0.39, 0.29) is 5.91 Å². The Kier molecular flexibility index (Phi) is 8.82. The molecule has 1 aliphatic rings. The number of hydrogen-bond acceptors (Lipinski definition) is 4. The third-order valence-corrected chi connectivity index (χ3v) is 3.86. The van der Waals surface area contributed by atoms with Crippen molar-refractivity contribution in [3.05, 3.63) is 0 Å². The minimum atomic E-state index is 0.103. The lowest BCUT2D eigenvalue weighted by molar-refractivity contribution is -0.122. The summed E-state index contributed by atoms with van der Waals surface area (Å²) >= 11 is 0. The third-order valence-electron chi connectivity index (χ3n) is 3.86. The zero-order valence-corrected chi connectivity index (χ0v) is 13.3. The molecule has 0 unspecified atom stereocenters. The summed E-state index contributed by atoms with van der Waals surface area (Å²) in [5.74, 6) is 0.103. The number of amides is 1. The summed E-state index contributed by atoms with van der Waals surface area (Å²) in [4.78, 5) is 13.9. The van der Waals surface area contributed by atoms with Crippen LogP contribution in [0.4, 0.5) is 0 Å². The first-order valence-corrected chi connectivity index (χ1v) is 7.89. The first-order valence-electron chi connectivity index (χ1n) is 7.89. The van der Waals surface area contributed by atoms with Crippen LogP contribution in [-0.4, -0.2) is 62.8 Å². The standard InChI is InChI=1S/C15H31N3O2/c1-13(2)18(3)11-4-8-17-15(19)7-12-20-14-5-9-16-10-6-14/h13-14,16H,4-12H2,1-3H3,(H,17,19). The van der Waals surface area contributed by atoms with Gasteiger partial charge >= 0.3 is 0 Å². The molecule has 20 heavy (non-hydrogen) atoms. The third kappa shape index (κ3) is 7.82. The van der Waals surface area contributed by atoms with Gasteiger partial charge in [-0.05, 0) is 59.8 Å². The molecule has 118 valence electrons. The molecule has 5 heteroatoms. The van der Waals surface area contributed by atoms with E-state index in [1.807, 2.05) is 0 Å². The number of nitrogens with zero attached hydrogens (tertiary/aromatic N) is 1. The molecule has 1 rings (SSSR count). The molecule has 1 saturated heterocycles. The SMILES string of the molecule is CC(C)N(C)CCCNC(=O)CCOC1CCNCC1. The normalized spacial score (nSPS) is 16.9. The molecule has 0 aromatic rings. The van der Waals surface area contributed by atoms with Crippen LogP contribution >= 0.6 is 0 Å². The van der Waals surface area contributed by atoms with Gasteiger partial charge in [-0.1, -0.05) is 0 Å². The van der Waals surface area contributed by atoms with Crippen molar-refractivity contribution in [1.82, 2.24) is 15.5 Å². The second-order valence-electron chi connectivity index (χ2n) is 5.85. The van der Waals surface area contributed by atoms with Crippen LogP contribution < -0.4 is 10.6 Å². The number of rotatable bonds is 9. The molecule has 0 aliphatic carbocycles. The van der Waals surface area contributed by atoms with Crippen LogP contribution in [0, 0.1) is 0 Å². The van der Waals surface area contributed by atoms with Crippen LogP contribution in [0.2, 0.25) is 0 Å². The van der Waals surface area contributed by atoms with Crippen LogP contribution in [0.5, 0.6) is 0 Å². The van der Waals surface area contributed by atoms with Gasteiger partial charge < -0.3 is 20.3 Å². The Labute approximate surface area is 123 Å². The lowest BCUT2D eigenvalue weighted by Crippen LogP contribution is -2.34. The monoisotopic (exact) mass is 285 g/mol. The largest absolute Gasteiger partial charge is 0.378 e. The zero-order chi connectivity index (χ0) is 14.8. The quantitative estimate of drug-likeness (QED) is 0.620. The smallest absolute Gasteiger partial charge is 0.222 e. The Morgan fingerprint density at radius 3 is 2.75 bits per heavy atom. The van der Waals surface area contributed by atoms with E-state index in [0.29, 0.717) is 25.2 Å². The predicted octanol–water partition coefficient (Wildman–Crippen LogP) is 0.992. The van der Waals surface area contributed by atoms with E-state index in [0.717, 1.165) is 45.4 Å². The molecule has 1 fully saturated rings. The van der Waals surface area contributed by atoms with Crippen molar-refractivity contribution in [3.63, 3.8) is 0 Å². The van der Waals surface area contributed by atoms with Crippen LogP contribution in [-0.2, 0) is 9.53 Å². The molecule has 0 bridgehead atoms. The fourth-order valence-corrected chi connectivity index (χ4v) is 2.18. The van der Waals surface area contributed by atoms with Crippen molar-refractivity contribution in [2.24, 2.45) is 0 Å². The van der Waals surface area contributed by atoms with Crippen molar-refractivity contribution in [1.29, 1.82) is 0 Å². The van der Waals surface area contributed by atoms with Gasteiger partial charge in [0.05, 0.1) is 12.7 Å². The second kappa shape index (κ2) is 10.1. The Morgan fingerprint density at radius 1 is 1.40 bits per heavy atom. The highest BCUT2D eigenvalue weighted by Gasteiger charge is 2.13. The van der Waals surface area contributed by atoms with Crippen LogP contribution in [0.15, 0.2) is 0 Å². The Morgan fingerprint density at radius 2 is 2.10 bits per heavy atom. The Hall–Kier alpha value is -0.650. The number of piperidine rings is 1. The van der Waals surface area contributed by atoms with E-state index in [1.165, 1.54) is 0 Å². The van der Waals surface area contributed by atoms with Crippen molar-refractivity contribution in [2.75, 3.05) is 39.8 Å². The molecule has 2 N–H and O–H groups in total. The fourth-order valence-electron chi connectivity index (χ4n) is 2.18. The molecule has 0 atom stereocenters. The molecule has 0 spiro atoms. The molecule has 0 radical (unpaired) electrons.